The van der Waals surface area contributed by atoms with E-state index in [2.05, 4.69) is 15.5 Å². The molecule has 1 aromatic carbocycles. The lowest BCUT2D eigenvalue weighted by Gasteiger charge is -2.16. The number of hydrogen-bond donors (Lipinski definition) is 1. The Hall–Kier alpha value is -2.56. The maximum Gasteiger partial charge on any atom is 0.242 e. The number of amides is 1. The lowest BCUT2D eigenvalue weighted by atomic mass is 10.1. The fraction of sp³-hybridized carbons (Fsp3) is 0.316. The number of rotatable bonds is 7. The quantitative estimate of drug-likeness (QED) is 0.612. The standard InChI is InChI=1S/C19H22N4O4S2/c1-12-9-15(29(25,26)23(3)4)10-16(13(12)2)20-17(24)5-6-18-21-19(22-27-18)14-7-8-28-11-14/h7-11H,5-6H2,1-4H3,(H,20,24). The van der Waals surface area contributed by atoms with Crippen molar-refractivity contribution in [1.82, 2.24) is 14.4 Å². The highest BCUT2D eigenvalue weighted by molar-refractivity contribution is 7.89. The molecule has 0 atom stereocenters. The zero-order valence-electron chi connectivity index (χ0n) is 16.6. The van der Waals surface area contributed by atoms with Crippen LogP contribution in [0.15, 0.2) is 38.4 Å². The number of hydrogen-bond acceptors (Lipinski definition) is 7. The molecule has 1 N–H and O–H groups in total. The first-order chi connectivity index (χ1) is 13.7. The Bertz CT molecular complexity index is 1120. The second-order valence-electron chi connectivity index (χ2n) is 6.77. The van der Waals surface area contributed by atoms with E-state index in [0.29, 0.717) is 17.4 Å². The normalized spacial score (nSPS) is 11.8. The molecule has 0 saturated heterocycles. The summed E-state index contributed by atoms with van der Waals surface area (Å²) in [7, 11) is -0.659. The number of anilines is 1. The number of nitrogens with one attached hydrogen (secondary N) is 1. The van der Waals surface area contributed by atoms with Gasteiger partial charge in [0.25, 0.3) is 0 Å². The van der Waals surface area contributed by atoms with Crippen molar-refractivity contribution < 1.29 is 17.7 Å². The van der Waals surface area contributed by atoms with E-state index in [1.165, 1.54) is 31.5 Å². The molecule has 0 spiro atoms. The first-order valence-electron chi connectivity index (χ1n) is 8.87. The molecule has 0 saturated carbocycles. The van der Waals surface area contributed by atoms with E-state index in [0.717, 1.165) is 21.0 Å². The van der Waals surface area contributed by atoms with Gasteiger partial charge < -0.3 is 9.84 Å². The second kappa shape index (κ2) is 8.44. The molecule has 3 rings (SSSR count). The van der Waals surface area contributed by atoms with Crippen molar-refractivity contribution in [3.8, 4) is 11.4 Å². The lowest BCUT2D eigenvalue weighted by Crippen LogP contribution is -2.23. The third kappa shape index (κ3) is 4.72. The summed E-state index contributed by atoms with van der Waals surface area (Å²) in [4.78, 5) is 16.9. The number of aromatic nitrogens is 2. The third-order valence-electron chi connectivity index (χ3n) is 4.51. The molecule has 8 nitrogen and oxygen atoms in total. The van der Waals surface area contributed by atoms with Crippen molar-refractivity contribution >= 4 is 33.0 Å². The van der Waals surface area contributed by atoms with Crippen molar-refractivity contribution in [2.45, 2.75) is 31.6 Å². The Morgan fingerprint density at radius 3 is 2.69 bits per heavy atom. The van der Waals surface area contributed by atoms with Gasteiger partial charge in [-0.3, -0.25) is 4.79 Å². The van der Waals surface area contributed by atoms with Gasteiger partial charge in [0.05, 0.1) is 4.90 Å². The third-order valence-corrected chi connectivity index (χ3v) is 6.98. The number of carbonyl (C=O) groups is 1. The van der Waals surface area contributed by atoms with Crippen molar-refractivity contribution in [2.75, 3.05) is 19.4 Å². The van der Waals surface area contributed by atoms with Gasteiger partial charge in [-0.15, -0.1) is 0 Å². The van der Waals surface area contributed by atoms with Crippen molar-refractivity contribution in [1.29, 1.82) is 0 Å². The molecule has 1 amide bonds. The highest BCUT2D eigenvalue weighted by Gasteiger charge is 2.20. The molecule has 0 fully saturated rings. The molecule has 2 aromatic heterocycles. The van der Waals surface area contributed by atoms with E-state index >= 15 is 0 Å². The monoisotopic (exact) mass is 434 g/mol. The Balaban J connectivity index is 1.70. The molecule has 29 heavy (non-hydrogen) atoms. The summed E-state index contributed by atoms with van der Waals surface area (Å²) in [5.74, 6) is 0.607. The average molecular weight is 435 g/mol. The smallest absolute Gasteiger partial charge is 0.242 e. The van der Waals surface area contributed by atoms with Gasteiger partial charge >= 0.3 is 0 Å². The van der Waals surface area contributed by atoms with E-state index < -0.39 is 10.0 Å². The van der Waals surface area contributed by atoms with Crippen molar-refractivity contribution in [3.05, 3.63) is 46.0 Å². The minimum absolute atomic E-state index is 0.133. The second-order valence-corrected chi connectivity index (χ2v) is 9.70. The largest absolute Gasteiger partial charge is 0.339 e. The van der Waals surface area contributed by atoms with Crippen LogP contribution in [0, 0.1) is 13.8 Å². The first-order valence-corrected chi connectivity index (χ1v) is 11.3. The number of sulfonamides is 1. The van der Waals surface area contributed by atoms with E-state index in [9.17, 15) is 13.2 Å². The SMILES string of the molecule is Cc1cc(S(=O)(=O)N(C)C)cc(NC(=O)CCc2nc(-c3ccsc3)no2)c1C. The highest BCUT2D eigenvalue weighted by atomic mass is 32.2. The van der Waals surface area contributed by atoms with Crippen LogP contribution in [0.5, 0.6) is 0 Å². The molecule has 0 bridgehead atoms. The summed E-state index contributed by atoms with van der Waals surface area (Å²) in [5, 5.41) is 10.6. The number of aryl methyl sites for hydroxylation is 2. The van der Waals surface area contributed by atoms with Crippen LogP contribution in [-0.4, -0.2) is 42.9 Å². The van der Waals surface area contributed by atoms with Crippen LogP contribution < -0.4 is 5.32 Å². The van der Waals surface area contributed by atoms with Crippen LogP contribution in [0.25, 0.3) is 11.4 Å². The molecule has 0 aliphatic carbocycles. The van der Waals surface area contributed by atoms with Crippen LogP contribution in [0.3, 0.4) is 0 Å². The molecule has 154 valence electrons. The summed E-state index contributed by atoms with van der Waals surface area (Å²) in [6.45, 7) is 3.65. The maximum absolute atomic E-state index is 12.4. The van der Waals surface area contributed by atoms with Gasteiger partial charge in [0.1, 0.15) is 0 Å². The van der Waals surface area contributed by atoms with Gasteiger partial charge in [0, 0.05) is 43.6 Å². The predicted octanol–water partition coefficient (Wildman–Crippen LogP) is 3.24. The predicted molar refractivity (Wildman–Crippen MR) is 111 cm³/mol. The zero-order valence-corrected chi connectivity index (χ0v) is 18.2. The van der Waals surface area contributed by atoms with Crippen LogP contribution >= 0.6 is 11.3 Å². The topological polar surface area (TPSA) is 105 Å². The van der Waals surface area contributed by atoms with Gasteiger partial charge in [0.2, 0.25) is 27.6 Å². The van der Waals surface area contributed by atoms with E-state index in [-0.39, 0.29) is 23.6 Å². The highest BCUT2D eigenvalue weighted by Crippen LogP contribution is 2.26. The summed E-state index contributed by atoms with van der Waals surface area (Å²) < 4.78 is 31.2. The molecule has 2 heterocycles. The molecule has 0 aliphatic rings. The Morgan fingerprint density at radius 2 is 2.03 bits per heavy atom. The average Bonchev–Trinajstić information content (AvgIpc) is 3.34. The fourth-order valence-corrected chi connectivity index (χ4v) is 4.26. The minimum Gasteiger partial charge on any atom is -0.339 e. The lowest BCUT2D eigenvalue weighted by molar-refractivity contribution is -0.116. The van der Waals surface area contributed by atoms with E-state index in [4.69, 9.17) is 4.52 Å². The maximum atomic E-state index is 12.4. The van der Waals surface area contributed by atoms with Gasteiger partial charge in [-0.05, 0) is 48.6 Å². The molecule has 0 unspecified atom stereocenters. The van der Waals surface area contributed by atoms with Crippen LogP contribution in [-0.2, 0) is 21.2 Å². The number of benzene rings is 1. The van der Waals surface area contributed by atoms with Crippen LogP contribution in [0.1, 0.15) is 23.4 Å². The number of carbonyl (C=O) groups excluding carboxylic acids is 1. The molecule has 0 radical (unpaired) electrons. The van der Waals surface area contributed by atoms with E-state index in [1.807, 2.05) is 30.7 Å². The Labute approximate surface area is 173 Å². The molecule has 3 aromatic rings. The van der Waals surface area contributed by atoms with Crippen molar-refractivity contribution in [3.63, 3.8) is 0 Å². The summed E-state index contributed by atoms with van der Waals surface area (Å²) in [5.41, 5.74) is 2.94. The summed E-state index contributed by atoms with van der Waals surface area (Å²) >= 11 is 1.54. The molecule has 0 aliphatic heterocycles. The van der Waals surface area contributed by atoms with Gasteiger partial charge in [-0.2, -0.15) is 16.3 Å². The minimum atomic E-state index is -3.60. The van der Waals surface area contributed by atoms with Gasteiger partial charge in [-0.25, -0.2) is 12.7 Å². The zero-order chi connectivity index (χ0) is 21.2. The van der Waals surface area contributed by atoms with Crippen molar-refractivity contribution in [2.24, 2.45) is 0 Å². The Kier molecular flexibility index (Phi) is 6.15. The molecular weight excluding hydrogens is 412 g/mol. The number of thiophene rings is 1. The Morgan fingerprint density at radius 1 is 1.28 bits per heavy atom. The van der Waals surface area contributed by atoms with Gasteiger partial charge in [-0.1, -0.05) is 5.16 Å². The van der Waals surface area contributed by atoms with Gasteiger partial charge in [0.15, 0.2) is 0 Å². The molecular formula is C19H22N4O4S2. The number of nitrogens with zero attached hydrogens (tertiary/aromatic N) is 3. The summed E-state index contributed by atoms with van der Waals surface area (Å²) in [6, 6.07) is 4.98. The van der Waals surface area contributed by atoms with Crippen LogP contribution in [0.2, 0.25) is 0 Å². The summed E-state index contributed by atoms with van der Waals surface area (Å²) in [6.07, 6.45) is 0.422. The van der Waals surface area contributed by atoms with Crippen LogP contribution in [0.4, 0.5) is 5.69 Å². The fourth-order valence-electron chi connectivity index (χ4n) is 2.61. The first kappa shape index (κ1) is 21.2. The molecule has 10 heteroatoms. The van der Waals surface area contributed by atoms with E-state index in [1.54, 1.807) is 6.07 Å².